The van der Waals surface area contributed by atoms with Crippen molar-refractivity contribution in [1.82, 2.24) is 14.7 Å². The summed E-state index contributed by atoms with van der Waals surface area (Å²) in [4.78, 5) is 38.0. The van der Waals surface area contributed by atoms with E-state index in [1.165, 1.54) is 4.90 Å². The van der Waals surface area contributed by atoms with Crippen LogP contribution in [0.3, 0.4) is 0 Å². The number of urea groups is 1. The van der Waals surface area contributed by atoms with E-state index in [-0.39, 0.29) is 18.5 Å². The van der Waals surface area contributed by atoms with Crippen molar-refractivity contribution in [2.45, 2.75) is 18.8 Å². The van der Waals surface area contributed by atoms with E-state index in [1.807, 2.05) is 53.4 Å². The normalized spacial score (nSPS) is 23.4. The van der Waals surface area contributed by atoms with Crippen molar-refractivity contribution in [2.75, 3.05) is 25.0 Å². The third-order valence-electron chi connectivity index (χ3n) is 5.73. The van der Waals surface area contributed by atoms with Gasteiger partial charge in [-0.3, -0.25) is 9.69 Å². The number of amides is 3. The summed E-state index contributed by atoms with van der Waals surface area (Å²) in [6, 6.07) is 16.4. The fourth-order valence-corrected chi connectivity index (χ4v) is 4.43. The number of benzene rings is 2. The van der Waals surface area contributed by atoms with Gasteiger partial charge in [-0.25, -0.2) is 9.79 Å². The molecule has 0 aliphatic carbocycles. The fraction of sp³-hybridized carbons (Fsp3) is 0.286. The molecule has 2 saturated heterocycles. The first-order valence-corrected chi connectivity index (χ1v) is 9.92. The van der Waals surface area contributed by atoms with E-state index in [0.717, 1.165) is 23.8 Å². The summed E-state index contributed by atoms with van der Waals surface area (Å²) in [5.74, 6) is 0.519. The Morgan fingerprint density at radius 3 is 2.52 bits per heavy atom. The first-order chi connectivity index (χ1) is 14.1. The maximum absolute atomic E-state index is 13.4. The Morgan fingerprint density at radius 1 is 1.03 bits per heavy atom. The van der Waals surface area contributed by atoms with Crippen LogP contribution in [0.5, 0.6) is 0 Å². The van der Waals surface area contributed by atoms with Crippen molar-refractivity contribution in [2.24, 2.45) is 4.99 Å². The maximum Gasteiger partial charge on any atom is 0.328 e. The summed E-state index contributed by atoms with van der Waals surface area (Å²) in [5, 5.41) is 0.540. The number of nitrogens with zero attached hydrogens (tertiary/aromatic N) is 5. The van der Waals surface area contributed by atoms with E-state index in [0.29, 0.717) is 11.6 Å². The molecule has 0 aromatic heterocycles. The number of hydrogen-bond donors (Lipinski definition) is 0. The third-order valence-corrected chi connectivity index (χ3v) is 6.10. The van der Waals surface area contributed by atoms with E-state index in [4.69, 9.17) is 16.6 Å². The van der Waals surface area contributed by atoms with Crippen LogP contribution in [0.4, 0.5) is 10.5 Å². The molecule has 3 heterocycles. The molecule has 3 amide bonds. The zero-order valence-corrected chi connectivity index (χ0v) is 16.7. The Balaban J connectivity index is 1.45. The quantitative estimate of drug-likeness (QED) is 0.782. The summed E-state index contributed by atoms with van der Waals surface area (Å²) < 4.78 is 0. The standard InChI is InChI=1S/C21H20ClN5O2/c1-24-18-17(19(28)27(21(24)29)13-14-7-5-6-10-16(14)22)26-12-11-25(20(26)23-18)15-8-3-2-4-9-15/h2-10,17-18H,11-13H2,1H3. The highest BCUT2D eigenvalue weighted by Crippen LogP contribution is 2.34. The van der Waals surface area contributed by atoms with Crippen molar-refractivity contribution in [3.8, 4) is 0 Å². The van der Waals surface area contributed by atoms with Crippen molar-refractivity contribution in [3.63, 3.8) is 0 Å². The van der Waals surface area contributed by atoms with Crippen LogP contribution < -0.4 is 4.90 Å². The Kier molecular flexibility index (Phi) is 4.20. The number of anilines is 1. The average Bonchev–Trinajstić information content (AvgIpc) is 3.31. The van der Waals surface area contributed by atoms with Crippen molar-refractivity contribution in [3.05, 3.63) is 65.2 Å². The van der Waals surface area contributed by atoms with Gasteiger partial charge in [-0.1, -0.05) is 48.0 Å². The Labute approximate surface area is 173 Å². The summed E-state index contributed by atoms with van der Waals surface area (Å²) in [7, 11) is 1.70. The average molecular weight is 410 g/mol. The van der Waals surface area contributed by atoms with Crippen molar-refractivity contribution >= 4 is 35.2 Å². The van der Waals surface area contributed by atoms with Crippen molar-refractivity contribution in [1.29, 1.82) is 0 Å². The van der Waals surface area contributed by atoms with Crippen LogP contribution in [0, 0.1) is 0 Å². The monoisotopic (exact) mass is 409 g/mol. The van der Waals surface area contributed by atoms with Gasteiger partial charge in [0.05, 0.1) is 6.54 Å². The van der Waals surface area contributed by atoms with Crippen LogP contribution >= 0.6 is 11.6 Å². The molecular formula is C21H20ClN5O2. The molecule has 3 aliphatic heterocycles. The zero-order valence-electron chi connectivity index (χ0n) is 15.9. The van der Waals surface area contributed by atoms with Crippen LogP contribution in [-0.4, -0.2) is 64.9 Å². The molecule has 0 spiro atoms. The number of guanidine groups is 1. The fourth-order valence-electron chi connectivity index (χ4n) is 4.23. The number of halogens is 1. The Hall–Kier alpha value is -3.06. The highest BCUT2D eigenvalue weighted by atomic mass is 35.5. The number of fused-ring (bicyclic) bond motifs is 3. The Bertz CT molecular complexity index is 1010. The predicted octanol–water partition coefficient (Wildman–Crippen LogP) is 2.62. The molecule has 0 radical (unpaired) electrons. The molecular weight excluding hydrogens is 390 g/mol. The van der Waals surface area contributed by atoms with E-state index >= 15 is 0 Å². The number of aliphatic imine (C=N–C) groups is 1. The van der Waals surface area contributed by atoms with E-state index in [9.17, 15) is 9.59 Å². The molecule has 0 saturated carbocycles. The largest absolute Gasteiger partial charge is 0.328 e. The molecule has 2 atom stereocenters. The number of carbonyl (C=O) groups is 2. The molecule has 2 aromatic carbocycles. The minimum atomic E-state index is -0.515. The van der Waals surface area contributed by atoms with Gasteiger partial charge in [0.15, 0.2) is 12.2 Å². The number of imide groups is 1. The first-order valence-electron chi connectivity index (χ1n) is 9.55. The second-order valence-electron chi connectivity index (χ2n) is 7.38. The molecule has 148 valence electrons. The van der Waals surface area contributed by atoms with Crippen LogP contribution in [0.1, 0.15) is 5.56 Å². The summed E-state index contributed by atoms with van der Waals surface area (Å²) in [6.07, 6.45) is -0.515. The lowest BCUT2D eigenvalue weighted by atomic mass is 10.1. The topological polar surface area (TPSA) is 59.5 Å². The van der Waals surface area contributed by atoms with Gasteiger partial charge in [0.1, 0.15) is 0 Å². The lowest BCUT2D eigenvalue weighted by molar-refractivity contribution is -0.137. The number of hydrogen-bond acceptors (Lipinski definition) is 5. The van der Waals surface area contributed by atoms with E-state index < -0.39 is 12.2 Å². The molecule has 3 aliphatic rings. The summed E-state index contributed by atoms with van der Waals surface area (Å²) >= 11 is 6.26. The van der Waals surface area contributed by atoms with Gasteiger partial charge in [-0.15, -0.1) is 0 Å². The van der Waals surface area contributed by atoms with Gasteiger partial charge < -0.3 is 14.7 Å². The summed E-state index contributed by atoms with van der Waals surface area (Å²) in [5.41, 5.74) is 1.77. The molecule has 2 aromatic rings. The maximum atomic E-state index is 13.4. The van der Waals surface area contributed by atoms with Crippen LogP contribution in [-0.2, 0) is 11.3 Å². The lowest BCUT2D eigenvalue weighted by Crippen LogP contribution is -2.64. The highest BCUT2D eigenvalue weighted by Gasteiger charge is 2.54. The van der Waals surface area contributed by atoms with Gasteiger partial charge >= 0.3 is 6.03 Å². The molecule has 5 rings (SSSR count). The summed E-state index contributed by atoms with van der Waals surface area (Å²) in [6.45, 7) is 1.58. The SMILES string of the molecule is CN1C(=O)N(Cc2ccccc2Cl)C(=O)C2C1N=C1N(c3ccccc3)CCN12. The smallest absolute Gasteiger partial charge is 0.325 e. The van der Waals surface area contributed by atoms with Gasteiger partial charge in [0, 0.05) is 30.8 Å². The van der Waals surface area contributed by atoms with E-state index in [2.05, 4.69) is 4.90 Å². The van der Waals surface area contributed by atoms with Gasteiger partial charge in [0.2, 0.25) is 5.96 Å². The predicted molar refractivity (Wildman–Crippen MR) is 111 cm³/mol. The molecule has 0 N–H and O–H groups in total. The van der Waals surface area contributed by atoms with E-state index in [1.54, 1.807) is 18.0 Å². The molecule has 7 nitrogen and oxygen atoms in total. The number of rotatable bonds is 3. The van der Waals surface area contributed by atoms with Gasteiger partial charge in [0.25, 0.3) is 5.91 Å². The molecule has 8 heteroatoms. The first kappa shape index (κ1) is 18.0. The zero-order chi connectivity index (χ0) is 20.1. The molecule has 0 bridgehead atoms. The third kappa shape index (κ3) is 2.76. The number of para-hydroxylation sites is 1. The number of likely N-dealkylation sites (N-methyl/N-ethyl adjacent to an activating group) is 1. The van der Waals surface area contributed by atoms with Gasteiger partial charge in [-0.2, -0.15) is 0 Å². The lowest BCUT2D eigenvalue weighted by Gasteiger charge is -2.40. The van der Waals surface area contributed by atoms with Gasteiger partial charge in [-0.05, 0) is 23.8 Å². The van der Waals surface area contributed by atoms with Crippen molar-refractivity contribution < 1.29 is 9.59 Å². The highest BCUT2D eigenvalue weighted by molar-refractivity contribution is 6.31. The van der Waals surface area contributed by atoms with Crippen LogP contribution in [0.15, 0.2) is 59.6 Å². The minimum absolute atomic E-state index is 0.149. The van der Waals surface area contributed by atoms with Crippen LogP contribution in [0.2, 0.25) is 5.02 Å². The minimum Gasteiger partial charge on any atom is -0.325 e. The number of carbonyl (C=O) groups excluding carboxylic acids is 2. The van der Waals surface area contributed by atoms with Crippen LogP contribution in [0.25, 0.3) is 0 Å². The molecule has 2 fully saturated rings. The second-order valence-corrected chi connectivity index (χ2v) is 7.78. The second kappa shape index (κ2) is 6.77. The molecule has 2 unspecified atom stereocenters. The Morgan fingerprint density at radius 2 is 1.76 bits per heavy atom. The molecule has 29 heavy (non-hydrogen) atoms.